The van der Waals surface area contributed by atoms with Crippen LogP contribution in [0, 0.1) is 6.92 Å². The highest BCUT2D eigenvalue weighted by Crippen LogP contribution is 2.27. The smallest absolute Gasteiger partial charge is 0.324 e. The second-order valence-electron chi connectivity index (χ2n) is 5.16. The van der Waals surface area contributed by atoms with E-state index in [0.29, 0.717) is 17.0 Å². The van der Waals surface area contributed by atoms with Gasteiger partial charge in [0.25, 0.3) is 0 Å². The first-order valence-electron chi connectivity index (χ1n) is 6.64. The van der Waals surface area contributed by atoms with Crippen LogP contribution in [-0.4, -0.2) is 35.5 Å². The number of likely N-dealkylation sites (tertiary alicyclic amines) is 1. The molecule has 1 atom stereocenters. The van der Waals surface area contributed by atoms with E-state index >= 15 is 0 Å². The van der Waals surface area contributed by atoms with E-state index in [1.54, 1.807) is 12.1 Å². The second kappa shape index (κ2) is 6.28. The van der Waals surface area contributed by atoms with Crippen LogP contribution < -0.4 is 5.32 Å². The third-order valence-corrected chi connectivity index (χ3v) is 3.83. The van der Waals surface area contributed by atoms with Gasteiger partial charge in [0.15, 0.2) is 0 Å². The fourth-order valence-electron chi connectivity index (χ4n) is 2.48. The molecule has 2 rings (SSSR count). The molecule has 1 aromatic rings. The zero-order valence-electron chi connectivity index (χ0n) is 11.7. The molecule has 0 saturated carbocycles. The Hall–Kier alpha value is -1.57. The van der Waals surface area contributed by atoms with Crippen molar-refractivity contribution in [3.05, 3.63) is 28.2 Å². The van der Waals surface area contributed by atoms with Gasteiger partial charge >= 0.3 is 12.1 Å². The average molecular weight is 379 g/mol. The molecule has 0 spiro atoms. The Morgan fingerprint density at radius 2 is 2.00 bits per heavy atom. The van der Waals surface area contributed by atoms with Crippen molar-refractivity contribution >= 4 is 33.4 Å². The van der Waals surface area contributed by atoms with Gasteiger partial charge in [-0.25, -0.2) is 0 Å². The molecule has 1 saturated heterocycles. The van der Waals surface area contributed by atoms with E-state index in [1.165, 1.54) is 0 Å². The Balaban J connectivity index is 2.13. The quantitative estimate of drug-likeness (QED) is 0.858. The molecular weight excluding hydrogens is 365 g/mol. The number of hydrogen-bond acceptors (Lipinski definition) is 2. The Morgan fingerprint density at radius 1 is 1.32 bits per heavy atom. The van der Waals surface area contributed by atoms with Crippen molar-refractivity contribution in [2.24, 2.45) is 0 Å². The molecule has 0 aromatic heterocycles. The van der Waals surface area contributed by atoms with Gasteiger partial charge in [0.05, 0.1) is 0 Å². The van der Waals surface area contributed by atoms with Gasteiger partial charge in [0.1, 0.15) is 6.04 Å². The van der Waals surface area contributed by atoms with Gasteiger partial charge in [-0.2, -0.15) is 13.2 Å². The molecule has 1 aliphatic heterocycles. The first-order chi connectivity index (χ1) is 10.2. The normalized spacial score (nSPS) is 18.4. The molecule has 0 radical (unpaired) electrons. The van der Waals surface area contributed by atoms with E-state index in [-0.39, 0.29) is 13.0 Å². The fraction of sp³-hybridized carbons (Fsp3) is 0.429. The van der Waals surface area contributed by atoms with Crippen LogP contribution in [0.4, 0.5) is 18.9 Å². The van der Waals surface area contributed by atoms with Gasteiger partial charge in [0, 0.05) is 16.7 Å². The van der Waals surface area contributed by atoms with Gasteiger partial charge in [0.2, 0.25) is 5.91 Å². The molecule has 1 N–H and O–H groups in total. The minimum absolute atomic E-state index is 0.0616. The molecule has 4 nitrogen and oxygen atoms in total. The molecule has 1 aromatic carbocycles. The summed E-state index contributed by atoms with van der Waals surface area (Å²) in [7, 11) is 0. The van der Waals surface area contributed by atoms with Crippen LogP contribution >= 0.6 is 15.9 Å². The van der Waals surface area contributed by atoms with Crippen LogP contribution in [0.1, 0.15) is 18.4 Å². The van der Waals surface area contributed by atoms with Crippen molar-refractivity contribution in [2.45, 2.75) is 32.0 Å². The highest BCUT2D eigenvalue weighted by Gasteiger charge is 2.47. The van der Waals surface area contributed by atoms with Crippen LogP contribution in [0.3, 0.4) is 0 Å². The minimum atomic E-state index is -4.96. The van der Waals surface area contributed by atoms with Crippen molar-refractivity contribution in [1.82, 2.24) is 4.90 Å². The van der Waals surface area contributed by atoms with E-state index in [9.17, 15) is 22.8 Å². The van der Waals surface area contributed by atoms with E-state index in [0.717, 1.165) is 10.0 Å². The summed E-state index contributed by atoms with van der Waals surface area (Å²) < 4.78 is 38.4. The number of carbonyl (C=O) groups is 2. The lowest BCUT2D eigenvalue weighted by atomic mass is 10.2. The Morgan fingerprint density at radius 3 is 2.59 bits per heavy atom. The molecule has 8 heteroatoms. The topological polar surface area (TPSA) is 49.4 Å². The summed E-state index contributed by atoms with van der Waals surface area (Å²) >= 11 is 3.28. The van der Waals surface area contributed by atoms with Gasteiger partial charge in [-0.3, -0.25) is 9.59 Å². The first kappa shape index (κ1) is 16.8. The third kappa shape index (κ3) is 3.79. The maximum atomic E-state index is 12.5. The molecule has 0 bridgehead atoms. The van der Waals surface area contributed by atoms with Crippen LogP contribution in [-0.2, 0) is 9.59 Å². The standard InChI is InChI=1S/C14H14BrF3N2O2/c1-8-5-9(15)7-10(6-8)19-12(21)11-3-2-4-20(11)13(22)14(16,17)18/h5-7,11H,2-4H2,1H3,(H,19,21). The van der Waals surface area contributed by atoms with Crippen molar-refractivity contribution in [3.63, 3.8) is 0 Å². The summed E-state index contributed by atoms with van der Waals surface area (Å²) in [5, 5.41) is 2.57. The summed E-state index contributed by atoms with van der Waals surface area (Å²) in [6, 6.07) is 4.10. The summed E-state index contributed by atoms with van der Waals surface area (Å²) in [5.41, 5.74) is 1.36. The predicted molar refractivity (Wildman–Crippen MR) is 78.3 cm³/mol. The Kier molecular flexibility index (Phi) is 4.79. The molecule has 1 fully saturated rings. The zero-order chi connectivity index (χ0) is 16.5. The van der Waals surface area contributed by atoms with Gasteiger partial charge < -0.3 is 10.2 Å². The van der Waals surface area contributed by atoms with Crippen LogP contribution in [0.25, 0.3) is 0 Å². The number of aryl methyl sites for hydroxylation is 1. The SMILES string of the molecule is Cc1cc(Br)cc(NC(=O)C2CCCN2C(=O)C(F)(F)F)c1. The largest absolute Gasteiger partial charge is 0.471 e. The number of anilines is 1. The maximum absolute atomic E-state index is 12.5. The summed E-state index contributed by atoms with van der Waals surface area (Å²) in [6.07, 6.45) is -4.37. The zero-order valence-corrected chi connectivity index (χ0v) is 13.3. The summed E-state index contributed by atoms with van der Waals surface area (Å²) in [6.45, 7) is 1.77. The number of amides is 2. The number of carbonyl (C=O) groups excluding carboxylic acids is 2. The summed E-state index contributed by atoms with van der Waals surface area (Å²) in [5.74, 6) is -2.57. The van der Waals surface area contributed by atoms with Crippen molar-refractivity contribution in [2.75, 3.05) is 11.9 Å². The minimum Gasteiger partial charge on any atom is -0.324 e. The van der Waals surface area contributed by atoms with E-state index in [2.05, 4.69) is 21.2 Å². The fourth-order valence-corrected chi connectivity index (χ4v) is 3.09. The van der Waals surface area contributed by atoms with Crippen LogP contribution in [0.15, 0.2) is 22.7 Å². The highest BCUT2D eigenvalue weighted by atomic mass is 79.9. The lowest BCUT2D eigenvalue weighted by Gasteiger charge is -2.24. The molecule has 1 aliphatic rings. The van der Waals surface area contributed by atoms with E-state index < -0.39 is 24.0 Å². The van der Waals surface area contributed by atoms with Crippen LogP contribution in [0.5, 0.6) is 0 Å². The van der Waals surface area contributed by atoms with Gasteiger partial charge in [-0.05, 0) is 43.5 Å². The number of halogens is 4. The molecule has 0 aliphatic carbocycles. The lowest BCUT2D eigenvalue weighted by molar-refractivity contribution is -0.186. The molecular formula is C14H14BrF3N2O2. The van der Waals surface area contributed by atoms with Crippen molar-refractivity contribution < 1.29 is 22.8 Å². The average Bonchev–Trinajstić information content (AvgIpc) is 2.84. The van der Waals surface area contributed by atoms with E-state index in [1.807, 2.05) is 13.0 Å². The molecule has 22 heavy (non-hydrogen) atoms. The molecule has 120 valence electrons. The number of nitrogens with zero attached hydrogens (tertiary/aromatic N) is 1. The first-order valence-corrected chi connectivity index (χ1v) is 7.43. The van der Waals surface area contributed by atoms with Gasteiger partial charge in [-0.15, -0.1) is 0 Å². The number of hydrogen-bond donors (Lipinski definition) is 1. The lowest BCUT2D eigenvalue weighted by Crippen LogP contribution is -2.48. The van der Waals surface area contributed by atoms with Gasteiger partial charge in [-0.1, -0.05) is 15.9 Å². The number of alkyl halides is 3. The van der Waals surface area contributed by atoms with Crippen molar-refractivity contribution in [3.8, 4) is 0 Å². The Labute approximate surface area is 133 Å². The molecule has 1 unspecified atom stereocenters. The monoisotopic (exact) mass is 378 g/mol. The summed E-state index contributed by atoms with van der Waals surface area (Å²) in [4.78, 5) is 24.1. The number of rotatable bonds is 2. The maximum Gasteiger partial charge on any atom is 0.471 e. The van der Waals surface area contributed by atoms with Crippen molar-refractivity contribution in [1.29, 1.82) is 0 Å². The van der Waals surface area contributed by atoms with Crippen LogP contribution in [0.2, 0.25) is 0 Å². The predicted octanol–water partition coefficient (Wildman–Crippen LogP) is 3.25. The molecule has 1 heterocycles. The van der Waals surface area contributed by atoms with E-state index in [4.69, 9.17) is 0 Å². The number of benzene rings is 1. The highest BCUT2D eigenvalue weighted by molar-refractivity contribution is 9.10. The number of nitrogens with one attached hydrogen (secondary N) is 1. The molecule has 2 amide bonds. The third-order valence-electron chi connectivity index (χ3n) is 3.37. The Bertz CT molecular complexity index is 584. The second-order valence-corrected chi connectivity index (χ2v) is 6.08.